The van der Waals surface area contributed by atoms with Crippen LogP contribution in [-0.4, -0.2) is 11.6 Å². The molecule has 0 saturated heterocycles. The molecule has 0 unspecified atom stereocenters. The molecule has 0 aliphatic heterocycles. The first-order valence-corrected chi connectivity index (χ1v) is 36.4. The average Bonchev–Trinajstić information content (AvgIpc) is 1.54. The van der Waals surface area contributed by atoms with Crippen LogP contribution in [0, 0.1) is 0 Å². The summed E-state index contributed by atoms with van der Waals surface area (Å²) in [6.45, 7) is 19.1. The van der Waals surface area contributed by atoms with Crippen LogP contribution in [0.25, 0.3) is 39.0 Å². The van der Waals surface area contributed by atoms with Crippen molar-refractivity contribution in [2.75, 3.05) is 0 Å². The van der Waals surface area contributed by atoms with E-state index >= 15 is 9.59 Å². The highest BCUT2D eigenvalue weighted by molar-refractivity contribution is 7.12. The molecule has 3 aliphatic rings. The summed E-state index contributed by atoms with van der Waals surface area (Å²) in [7, 11) is 0. The van der Waals surface area contributed by atoms with Gasteiger partial charge in [-0.25, -0.2) is 0 Å². The topological polar surface area (TPSA) is 34.1 Å². The molecule has 3 heterocycles. The maximum atomic E-state index is 15.0. The van der Waals surface area contributed by atoms with Crippen molar-refractivity contribution in [2.45, 2.75) is 250 Å². The molecule has 3 aliphatic carbocycles. The van der Waals surface area contributed by atoms with E-state index in [0.717, 1.165) is 90.7 Å². The molecule has 7 aromatic rings. The highest BCUT2D eigenvalue weighted by Crippen LogP contribution is 2.72. The standard InChI is InChI=1S/C79H98O2S3/c1-8-14-20-26-44-77(45-27-21-15-9-2)63-53-57(56(7)66-35-32-50-82-66)38-41-60(63)69-72(77)70-61-42-39-58(75(80)67-36-33-51-83-67)54-64(61)79(48-30-24-18-12-5,49-31-25-19-13-6)74(70)71-62-43-40-59(76(81)68-37-34-52-84-68)55-65(62)78(73(69)71,46-28-22-16-10-3)47-29-23-17-11-4/h32-43,50-55H,7-31,44-49H2,1-6H3. The first-order valence-electron chi connectivity index (χ1n) is 33.8. The third kappa shape index (κ3) is 12.0. The minimum absolute atomic E-state index is 0.142. The quantitative estimate of drug-likeness (QED) is 0.0290. The summed E-state index contributed by atoms with van der Waals surface area (Å²) < 4.78 is 0. The number of thiophene rings is 3. The Morgan fingerprint density at radius 1 is 0.345 bits per heavy atom. The van der Waals surface area contributed by atoms with Gasteiger partial charge in [-0.05, 0) is 169 Å². The van der Waals surface area contributed by atoms with Crippen molar-refractivity contribution in [1.29, 1.82) is 0 Å². The maximum Gasteiger partial charge on any atom is 0.202 e. The Labute approximate surface area is 519 Å². The molecule has 2 nitrogen and oxygen atoms in total. The molecule has 0 saturated carbocycles. The fraction of sp³-hybridized carbons (Fsp3) is 0.494. The van der Waals surface area contributed by atoms with Crippen molar-refractivity contribution in [2.24, 2.45) is 0 Å². The first-order chi connectivity index (χ1) is 41.2. The predicted octanol–water partition coefficient (Wildman–Crippen LogP) is 25.0. The Kier molecular flexibility index (Phi) is 21.2. The number of fused-ring (bicyclic) bond motifs is 12. The van der Waals surface area contributed by atoms with Crippen molar-refractivity contribution in [1.82, 2.24) is 0 Å². The van der Waals surface area contributed by atoms with E-state index in [1.165, 1.54) is 189 Å². The van der Waals surface area contributed by atoms with Crippen LogP contribution < -0.4 is 0 Å². The van der Waals surface area contributed by atoms with Crippen LogP contribution in [0.15, 0.2) is 114 Å². The van der Waals surface area contributed by atoms with Gasteiger partial charge in [-0.1, -0.05) is 257 Å². The van der Waals surface area contributed by atoms with Gasteiger partial charge in [-0.15, -0.1) is 34.0 Å². The monoisotopic (exact) mass is 1170 g/mol. The van der Waals surface area contributed by atoms with Crippen molar-refractivity contribution in [3.63, 3.8) is 0 Å². The SMILES string of the molecule is C=C(c1ccc2c(c1)C(CCCCCC)(CCCCCC)c1c-2c2c(c3c1-c1ccc(C(=O)c4cccs4)cc1C3(CCCCCC)CCCCCC)-c1ccc(C(=O)c3cccs3)cc1C2(CCCCCC)CCCCCC)c1cccs1. The zero-order valence-electron chi connectivity index (χ0n) is 52.4. The lowest BCUT2D eigenvalue weighted by Crippen LogP contribution is -2.31. The van der Waals surface area contributed by atoms with E-state index in [-0.39, 0.29) is 27.8 Å². The zero-order valence-corrected chi connectivity index (χ0v) is 54.8. The number of benzene rings is 4. The van der Waals surface area contributed by atoms with Gasteiger partial charge in [0.2, 0.25) is 11.6 Å². The second kappa shape index (κ2) is 28.7. The molecule has 0 fully saturated rings. The molecule has 10 rings (SSSR count). The van der Waals surface area contributed by atoms with Crippen LogP contribution in [-0.2, 0) is 16.2 Å². The van der Waals surface area contributed by atoms with Gasteiger partial charge in [0.1, 0.15) is 0 Å². The third-order valence-corrected chi connectivity index (χ3v) is 22.9. The van der Waals surface area contributed by atoms with Crippen LogP contribution in [0.4, 0.5) is 0 Å². The molecular weight excluding hydrogens is 1080 g/mol. The van der Waals surface area contributed by atoms with E-state index in [9.17, 15) is 0 Å². The molecule has 84 heavy (non-hydrogen) atoms. The number of ketones is 2. The molecule has 3 aromatic heterocycles. The van der Waals surface area contributed by atoms with Crippen molar-refractivity contribution in [3.8, 4) is 33.4 Å². The highest BCUT2D eigenvalue weighted by atomic mass is 32.1. The molecule has 0 atom stereocenters. The van der Waals surface area contributed by atoms with Gasteiger partial charge in [0.25, 0.3) is 0 Å². The molecule has 0 amide bonds. The zero-order chi connectivity index (χ0) is 58.7. The number of rotatable bonds is 36. The van der Waals surface area contributed by atoms with Crippen molar-refractivity contribution >= 4 is 51.1 Å². The largest absolute Gasteiger partial charge is 0.288 e. The average molecular weight is 1180 g/mol. The van der Waals surface area contributed by atoms with E-state index in [1.54, 1.807) is 50.7 Å². The number of unbranched alkanes of at least 4 members (excludes halogenated alkanes) is 18. The van der Waals surface area contributed by atoms with Crippen LogP contribution in [0.3, 0.4) is 0 Å². The number of carbonyl (C=O) groups excluding carboxylic acids is 2. The van der Waals surface area contributed by atoms with E-state index in [0.29, 0.717) is 0 Å². The molecule has 0 N–H and O–H groups in total. The number of hydrogen-bond acceptors (Lipinski definition) is 5. The van der Waals surface area contributed by atoms with Crippen LogP contribution in [0.2, 0.25) is 0 Å². The van der Waals surface area contributed by atoms with Crippen LogP contribution >= 0.6 is 34.0 Å². The van der Waals surface area contributed by atoms with E-state index < -0.39 is 0 Å². The Bertz CT molecular complexity index is 2920. The third-order valence-electron chi connectivity index (χ3n) is 20.3. The fourth-order valence-electron chi connectivity index (χ4n) is 16.1. The van der Waals surface area contributed by atoms with Gasteiger partial charge in [0, 0.05) is 32.2 Å². The second-order valence-electron chi connectivity index (χ2n) is 25.7. The second-order valence-corrected chi connectivity index (χ2v) is 28.6. The summed E-state index contributed by atoms with van der Waals surface area (Å²) in [6, 6.07) is 34.5. The molecule has 4 aromatic carbocycles. The highest BCUT2D eigenvalue weighted by Gasteiger charge is 2.58. The maximum absolute atomic E-state index is 15.0. The predicted molar refractivity (Wildman–Crippen MR) is 366 cm³/mol. The normalized spacial score (nSPS) is 14.5. The van der Waals surface area contributed by atoms with Crippen molar-refractivity contribution < 1.29 is 9.59 Å². The Hall–Kier alpha value is -4.94. The molecule has 5 heteroatoms. The van der Waals surface area contributed by atoms with Crippen LogP contribution in [0.5, 0.6) is 0 Å². The van der Waals surface area contributed by atoms with Gasteiger partial charge in [-0.2, -0.15) is 0 Å². The smallest absolute Gasteiger partial charge is 0.202 e. The summed E-state index contributed by atoms with van der Waals surface area (Å²) in [4.78, 5) is 32.9. The van der Waals surface area contributed by atoms with Gasteiger partial charge in [0.05, 0.1) is 9.75 Å². The fourth-order valence-corrected chi connectivity index (χ4v) is 18.2. The lowest BCUT2D eigenvalue weighted by molar-refractivity contribution is 0.103. The van der Waals surface area contributed by atoms with E-state index in [2.05, 4.69) is 124 Å². The number of carbonyl (C=O) groups is 2. The van der Waals surface area contributed by atoms with Crippen molar-refractivity contribution in [3.05, 3.63) is 178 Å². The van der Waals surface area contributed by atoms with E-state index in [1.807, 2.05) is 24.3 Å². The summed E-state index contributed by atoms with van der Waals surface area (Å²) in [5.74, 6) is 0.285. The minimum Gasteiger partial charge on any atom is -0.288 e. The summed E-state index contributed by atoms with van der Waals surface area (Å²) in [6.07, 6.45) is 35.2. The lowest BCUT2D eigenvalue weighted by atomic mass is 9.63. The Morgan fingerprint density at radius 2 is 0.619 bits per heavy atom. The molecule has 0 radical (unpaired) electrons. The lowest BCUT2D eigenvalue weighted by Gasteiger charge is -2.40. The Morgan fingerprint density at radius 3 is 0.893 bits per heavy atom. The van der Waals surface area contributed by atoms with Gasteiger partial charge >= 0.3 is 0 Å². The van der Waals surface area contributed by atoms with Crippen LogP contribution in [0.1, 0.15) is 308 Å². The summed E-state index contributed by atoms with van der Waals surface area (Å²) in [5, 5.41) is 6.32. The molecule has 444 valence electrons. The summed E-state index contributed by atoms with van der Waals surface area (Å²) in [5.41, 5.74) is 21.0. The molecule has 0 bridgehead atoms. The van der Waals surface area contributed by atoms with Gasteiger partial charge in [-0.3, -0.25) is 9.59 Å². The number of hydrogen-bond donors (Lipinski definition) is 0. The molecular formula is C79H98O2S3. The minimum atomic E-state index is -0.330. The van der Waals surface area contributed by atoms with E-state index in [4.69, 9.17) is 6.58 Å². The Balaban J connectivity index is 1.40. The summed E-state index contributed by atoms with van der Waals surface area (Å²) >= 11 is 4.94. The first kappa shape index (κ1) is 62.1. The van der Waals surface area contributed by atoms with Gasteiger partial charge in [0.15, 0.2) is 0 Å². The molecule has 0 spiro atoms. The van der Waals surface area contributed by atoms with Gasteiger partial charge < -0.3 is 0 Å².